The van der Waals surface area contributed by atoms with Crippen LogP contribution in [0.3, 0.4) is 0 Å². The number of alkyl halides is 3. The van der Waals surface area contributed by atoms with E-state index in [0.717, 1.165) is 37.0 Å². The highest BCUT2D eigenvalue weighted by atomic mass is 19.4. The molecule has 0 aliphatic heterocycles. The van der Waals surface area contributed by atoms with Gasteiger partial charge in [-0.25, -0.2) is 0 Å². The summed E-state index contributed by atoms with van der Waals surface area (Å²) in [5, 5.41) is 20.5. The van der Waals surface area contributed by atoms with E-state index in [9.17, 15) is 23.4 Å². The van der Waals surface area contributed by atoms with Crippen molar-refractivity contribution in [2.45, 2.75) is 123 Å². The van der Waals surface area contributed by atoms with Crippen molar-refractivity contribution >= 4 is 0 Å². The van der Waals surface area contributed by atoms with Gasteiger partial charge in [0.25, 0.3) is 0 Å². The first-order chi connectivity index (χ1) is 14.8. The van der Waals surface area contributed by atoms with E-state index in [1.807, 2.05) is 6.92 Å². The molecule has 0 radical (unpaired) electrons. The Balaban J connectivity index is 1.42. The Kier molecular flexibility index (Phi) is 6.54. The molecule has 0 spiro atoms. The Hall–Kier alpha value is -0.290. The third-order valence-corrected chi connectivity index (χ3v) is 11.1. The zero-order chi connectivity index (χ0) is 23.5. The summed E-state index contributed by atoms with van der Waals surface area (Å²) < 4.78 is 37.8. The number of halogens is 3. The lowest BCUT2D eigenvalue weighted by Crippen LogP contribution is -2.55. The lowest BCUT2D eigenvalue weighted by atomic mass is 9.43. The quantitative estimate of drug-likeness (QED) is 0.460. The van der Waals surface area contributed by atoms with E-state index < -0.39 is 24.3 Å². The van der Waals surface area contributed by atoms with Gasteiger partial charge in [0.1, 0.15) is 0 Å². The molecule has 0 bridgehead atoms. The predicted molar refractivity (Wildman–Crippen MR) is 121 cm³/mol. The fraction of sp³-hybridized carbons (Fsp3) is 1.00. The average Bonchev–Trinajstić information content (AvgIpc) is 3.02. The van der Waals surface area contributed by atoms with Gasteiger partial charge in [-0.1, -0.05) is 20.8 Å². The van der Waals surface area contributed by atoms with Gasteiger partial charge in [0, 0.05) is 0 Å². The SMILES string of the molecule is C[C@H](CC[C@@H](O)CC(F)(F)F)[C@H]1CC[C@H]2[C@@H]3CC[C@H]4C[C@@](C)(O)CCC4(C)[C@H]3CC[C@]12C. The van der Waals surface area contributed by atoms with Crippen LogP contribution in [0, 0.1) is 46.3 Å². The molecule has 2 nitrogen and oxygen atoms in total. The van der Waals surface area contributed by atoms with Crippen LogP contribution in [-0.2, 0) is 0 Å². The molecule has 2 N–H and O–H groups in total. The number of aliphatic hydroxyl groups is 2. The molecule has 4 saturated carbocycles. The van der Waals surface area contributed by atoms with Gasteiger partial charge in [-0.05, 0) is 124 Å². The Morgan fingerprint density at radius 2 is 1.56 bits per heavy atom. The molecule has 0 aromatic rings. The molecule has 4 fully saturated rings. The van der Waals surface area contributed by atoms with Gasteiger partial charge in [-0.2, -0.15) is 13.2 Å². The van der Waals surface area contributed by atoms with Gasteiger partial charge in [0.15, 0.2) is 0 Å². The molecule has 10 atom stereocenters. The van der Waals surface area contributed by atoms with E-state index in [1.54, 1.807) is 0 Å². The second-order valence-electron chi connectivity index (χ2n) is 13.1. The third-order valence-electron chi connectivity index (χ3n) is 11.1. The maximum Gasteiger partial charge on any atom is 0.391 e. The third kappa shape index (κ3) is 4.51. The number of fused-ring (bicyclic) bond motifs is 5. The van der Waals surface area contributed by atoms with Crippen molar-refractivity contribution in [1.29, 1.82) is 0 Å². The summed E-state index contributed by atoms with van der Waals surface area (Å²) in [6, 6.07) is 0. The summed E-state index contributed by atoms with van der Waals surface area (Å²) in [6.07, 6.45) is 4.81. The first-order valence-corrected chi connectivity index (χ1v) is 13.2. The van der Waals surface area contributed by atoms with Crippen LogP contribution in [0.4, 0.5) is 13.2 Å². The van der Waals surface area contributed by atoms with Gasteiger partial charge in [0.2, 0.25) is 0 Å². The lowest BCUT2D eigenvalue weighted by molar-refractivity contribution is -0.155. The molecule has 4 aliphatic carbocycles. The van der Waals surface area contributed by atoms with Crippen LogP contribution >= 0.6 is 0 Å². The van der Waals surface area contributed by atoms with Crippen LogP contribution in [0.2, 0.25) is 0 Å². The molecule has 0 amide bonds. The van der Waals surface area contributed by atoms with Gasteiger partial charge in [0.05, 0.1) is 18.1 Å². The van der Waals surface area contributed by atoms with Crippen LogP contribution < -0.4 is 0 Å². The minimum Gasteiger partial charge on any atom is -0.393 e. The highest BCUT2D eigenvalue weighted by Gasteiger charge is 2.61. The molecule has 186 valence electrons. The van der Waals surface area contributed by atoms with E-state index in [-0.39, 0.29) is 6.42 Å². The minimum atomic E-state index is -4.28. The molecule has 4 aliphatic rings. The highest BCUT2D eigenvalue weighted by Crippen LogP contribution is 2.68. The maximum atomic E-state index is 12.6. The van der Waals surface area contributed by atoms with Crippen LogP contribution in [0.25, 0.3) is 0 Å². The summed E-state index contributed by atoms with van der Waals surface area (Å²) in [5.74, 6) is 3.83. The van der Waals surface area contributed by atoms with Crippen molar-refractivity contribution in [3.8, 4) is 0 Å². The first kappa shape index (κ1) is 24.8. The Morgan fingerprint density at radius 1 is 0.875 bits per heavy atom. The van der Waals surface area contributed by atoms with Crippen molar-refractivity contribution in [2.24, 2.45) is 46.3 Å². The van der Waals surface area contributed by atoms with Crippen LogP contribution in [0.1, 0.15) is 105 Å². The van der Waals surface area contributed by atoms with E-state index in [0.29, 0.717) is 35.0 Å². The largest absolute Gasteiger partial charge is 0.393 e. The van der Waals surface area contributed by atoms with Gasteiger partial charge < -0.3 is 10.2 Å². The molecule has 32 heavy (non-hydrogen) atoms. The second-order valence-corrected chi connectivity index (χ2v) is 13.1. The normalized spacial score (nSPS) is 48.5. The van der Waals surface area contributed by atoms with Gasteiger partial charge >= 0.3 is 6.18 Å². The van der Waals surface area contributed by atoms with Crippen molar-refractivity contribution in [3.05, 3.63) is 0 Å². The van der Waals surface area contributed by atoms with Crippen LogP contribution in [0.15, 0.2) is 0 Å². The van der Waals surface area contributed by atoms with Crippen molar-refractivity contribution in [3.63, 3.8) is 0 Å². The smallest absolute Gasteiger partial charge is 0.391 e. The molecule has 1 unspecified atom stereocenters. The average molecular weight is 459 g/mol. The fourth-order valence-electron chi connectivity index (χ4n) is 9.43. The molecular formula is C27H45F3O2. The van der Waals surface area contributed by atoms with E-state index in [2.05, 4.69) is 20.8 Å². The van der Waals surface area contributed by atoms with Gasteiger partial charge in [-0.3, -0.25) is 0 Å². The summed E-state index contributed by atoms with van der Waals surface area (Å²) in [7, 11) is 0. The molecule has 4 rings (SSSR count). The van der Waals surface area contributed by atoms with Crippen LogP contribution in [-0.4, -0.2) is 28.1 Å². The lowest BCUT2D eigenvalue weighted by Gasteiger charge is -2.62. The van der Waals surface area contributed by atoms with Crippen LogP contribution in [0.5, 0.6) is 0 Å². The topological polar surface area (TPSA) is 40.5 Å². The number of aliphatic hydroxyl groups excluding tert-OH is 1. The maximum absolute atomic E-state index is 12.6. The fourth-order valence-corrected chi connectivity index (χ4v) is 9.43. The summed E-state index contributed by atoms with van der Waals surface area (Å²) >= 11 is 0. The molecule has 0 aromatic heterocycles. The number of rotatable bonds is 5. The van der Waals surface area contributed by atoms with Crippen molar-refractivity contribution < 1.29 is 23.4 Å². The van der Waals surface area contributed by atoms with E-state index >= 15 is 0 Å². The summed E-state index contributed by atoms with van der Waals surface area (Å²) in [4.78, 5) is 0. The predicted octanol–water partition coefficient (Wildman–Crippen LogP) is 7.13. The summed E-state index contributed by atoms with van der Waals surface area (Å²) in [5.41, 5.74) is 0.154. The Bertz CT molecular complexity index is 676. The monoisotopic (exact) mass is 458 g/mol. The molecule has 0 aromatic carbocycles. The standard InChI is InChI=1S/C27H45F3O2/c1-17(5-7-19(31)16-27(28,29)30)21-9-10-22-20-8-6-18-15-24(2,32)13-14-25(18,3)23(20)11-12-26(21,22)4/h17-23,31-32H,5-16H2,1-4H3/t17-,18+,19-,20+,21-,22+,23+,24+,25?,26-/m1/s1. The van der Waals surface area contributed by atoms with E-state index in [4.69, 9.17) is 0 Å². The second kappa shape index (κ2) is 8.43. The Morgan fingerprint density at radius 3 is 2.25 bits per heavy atom. The van der Waals surface area contributed by atoms with Crippen molar-refractivity contribution in [1.82, 2.24) is 0 Å². The number of hydrogen-bond donors (Lipinski definition) is 2. The first-order valence-electron chi connectivity index (χ1n) is 13.2. The highest BCUT2D eigenvalue weighted by molar-refractivity contribution is 5.10. The zero-order valence-electron chi connectivity index (χ0n) is 20.6. The molecule has 0 saturated heterocycles. The van der Waals surface area contributed by atoms with Crippen molar-refractivity contribution in [2.75, 3.05) is 0 Å². The molecule has 5 heteroatoms. The number of hydrogen-bond acceptors (Lipinski definition) is 2. The molecule has 0 heterocycles. The zero-order valence-corrected chi connectivity index (χ0v) is 20.6. The van der Waals surface area contributed by atoms with E-state index in [1.165, 1.54) is 38.5 Å². The minimum absolute atomic E-state index is 0.254. The molecular weight excluding hydrogens is 413 g/mol. The van der Waals surface area contributed by atoms with Gasteiger partial charge in [-0.15, -0.1) is 0 Å². The summed E-state index contributed by atoms with van der Waals surface area (Å²) in [6.45, 7) is 9.23. The Labute approximate surface area is 192 Å².